The van der Waals surface area contributed by atoms with Gasteiger partial charge in [0.25, 0.3) is 5.56 Å². The third-order valence-corrected chi connectivity index (χ3v) is 6.97. The predicted molar refractivity (Wildman–Crippen MR) is 119 cm³/mol. The van der Waals surface area contributed by atoms with Crippen LogP contribution in [0.5, 0.6) is 0 Å². The number of carbonyl (C=O) groups excluding carboxylic acids is 1. The van der Waals surface area contributed by atoms with Crippen LogP contribution in [0.15, 0.2) is 34.0 Å². The van der Waals surface area contributed by atoms with E-state index < -0.39 is 10.0 Å². The molecule has 1 saturated heterocycles. The number of aromatic amines is 1. The molecule has 3 N–H and O–H groups in total. The zero-order chi connectivity index (χ0) is 22.7. The summed E-state index contributed by atoms with van der Waals surface area (Å²) in [4.78, 5) is 34.4. The Labute approximate surface area is 186 Å². The van der Waals surface area contributed by atoms with Gasteiger partial charge in [0.05, 0.1) is 18.1 Å². The number of morpholine rings is 1. The fraction of sp³-hybridized carbons (Fsp3) is 0.476. The molecule has 0 radical (unpaired) electrons. The highest BCUT2D eigenvalue weighted by Gasteiger charge is 2.28. The highest BCUT2D eigenvalue weighted by Crippen LogP contribution is 2.23. The summed E-state index contributed by atoms with van der Waals surface area (Å²) in [5.74, 6) is 0.201. The van der Waals surface area contributed by atoms with Crippen molar-refractivity contribution in [2.75, 3.05) is 36.5 Å². The smallest absolute Gasteiger partial charge is 0.255 e. The Hall–Kier alpha value is -2.76. The van der Waals surface area contributed by atoms with Crippen LogP contribution in [0, 0.1) is 6.92 Å². The fourth-order valence-corrected chi connectivity index (χ4v) is 4.86. The van der Waals surface area contributed by atoms with Gasteiger partial charge in [0.1, 0.15) is 0 Å². The maximum atomic E-state index is 12.6. The van der Waals surface area contributed by atoms with Crippen LogP contribution in [0.2, 0.25) is 0 Å². The van der Waals surface area contributed by atoms with Crippen LogP contribution in [-0.2, 0) is 26.0 Å². The average Bonchev–Trinajstić information content (AvgIpc) is 3.57. The molecule has 1 amide bonds. The van der Waals surface area contributed by atoms with E-state index in [1.54, 1.807) is 19.1 Å². The van der Waals surface area contributed by atoms with Gasteiger partial charge >= 0.3 is 0 Å². The van der Waals surface area contributed by atoms with Gasteiger partial charge in [0.2, 0.25) is 21.9 Å². The molecule has 1 aliphatic heterocycles. The van der Waals surface area contributed by atoms with Crippen molar-refractivity contribution in [3.05, 3.63) is 45.9 Å². The lowest BCUT2D eigenvalue weighted by Gasteiger charge is -2.27. The molecular weight excluding hydrogens is 434 g/mol. The number of hydrogen-bond acceptors (Lipinski definition) is 7. The lowest BCUT2D eigenvalue weighted by Crippen LogP contribution is -2.38. The first-order valence-corrected chi connectivity index (χ1v) is 12.1. The number of rotatable bonds is 8. The van der Waals surface area contributed by atoms with E-state index in [1.165, 1.54) is 12.1 Å². The second-order valence-corrected chi connectivity index (χ2v) is 9.74. The molecule has 1 aromatic heterocycles. The number of hydrogen-bond donors (Lipinski definition) is 3. The van der Waals surface area contributed by atoms with E-state index in [0.717, 1.165) is 12.8 Å². The molecule has 2 aromatic rings. The topological polar surface area (TPSA) is 133 Å². The van der Waals surface area contributed by atoms with E-state index >= 15 is 0 Å². The van der Waals surface area contributed by atoms with Crippen molar-refractivity contribution >= 4 is 27.6 Å². The van der Waals surface area contributed by atoms with Gasteiger partial charge in [-0.15, -0.1) is 0 Å². The maximum absolute atomic E-state index is 12.6. The maximum Gasteiger partial charge on any atom is 0.255 e. The second-order valence-electron chi connectivity index (χ2n) is 8.02. The predicted octanol–water partition coefficient (Wildman–Crippen LogP) is 0.927. The number of carbonyl (C=O) groups is 1. The molecule has 32 heavy (non-hydrogen) atoms. The van der Waals surface area contributed by atoms with E-state index in [1.807, 2.05) is 4.90 Å². The molecular formula is C21H27N5O5S. The number of aromatic nitrogens is 2. The third-order valence-electron chi connectivity index (χ3n) is 5.45. The minimum Gasteiger partial charge on any atom is -0.378 e. The number of H-pyrrole nitrogens is 1. The molecule has 0 unspecified atom stereocenters. The first-order valence-electron chi connectivity index (χ1n) is 10.7. The lowest BCUT2D eigenvalue weighted by molar-refractivity contribution is -0.116. The van der Waals surface area contributed by atoms with E-state index in [4.69, 9.17) is 4.74 Å². The molecule has 11 heteroatoms. The number of nitrogens with zero attached hydrogens (tertiary/aromatic N) is 2. The molecule has 0 bridgehead atoms. The van der Waals surface area contributed by atoms with Crippen molar-refractivity contribution in [2.45, 2.75) is 43.5 Å². The van der Waals surface area contributed by atoms with E-state index in [2.05, 4.69) is 20.0 Å². The standard InChI is InChI=1S/C21H27N5O5S/c1-14-18(20(28)24-21(22-14)26-9-11-31-12-10-26)7-8-19(27)23-16-3-2-4-17(13-16)32(29,30)25-15-5-6-15/h2-4,13,15,25H,5-12H2,1H3,(H,23,27)(H,22,24,28). The molecule has 10 nitrogen and oxygen atoms in total. The average molecular weight is 462 g/mol. The Balaban J connectivity index is 1.38. The zero-order valence-corrected chi connectivity index (χ0v) is 18.7. The van der Waals surface area contributed by atoms with Crippen molar-refractivity contribution in [3.8, 4) is 0 Å². The molecule has 1 saturated carbocycles. The van der Waals surface area contributed by atoms with Gasteiger partial charge in [0, 0.05) is 42.5 Å². The summed E-state index contributed by atoms with van der Waals surface area (Å²) in [6, 6.07) is 6.14. The molecule has 1 aromatic carbocycles. The first kappa shape index (κ1) is 22.4. The Morgan fingerprint density at radius 2 is 2.03 bits per heavy atom. The number of aryl methyl sites for hydroxylation is 1. The van der Waals surface area contributed by atoms with Gasteiger partial charge < -0.3 is 15.0 Å². The molecule has 2 aliphatic rings. The van der Waals surface area contributed by atoms with Gasteiger partial charge in [-0.2, -0.15) is 0 Å². The normalized spacial score (nSPS) is 16.7. The highest BCUT2D eigenvalue weighted by atomic mass is 32.2. The van der Waals surface area contributed by atoms with Crippen molar-refractivity contribution < 1.29 is 17.9 Å². The number of benzene rings is 1. The van der Waals surface area contributed by atoms with Crippen LogP contribution in [0.25, 0.3) is 0 Å². The van der Waals surface area contributed by atoms with Gasteiger partial charge in [-0.3, -0.25) is 14.6 Å². The van der Waals surface area contributed by atoms with Crippen LogP contribution in [0.3, 0.4) is 0 Å². The van der Waals surface area contributed by atoms with Crippen LogP contribution >= 0.6 is 0 Å². The first-order chi connectivity index (χ1) is 15.3. The fourth-order valence-electron chi connectivity index (χ4n) is 3.51. The summed E-state index contributed by atoms with van der Waals surface area (Å²) in [7, 11) is -3.60. The second kappa shape index (κ2) is 9.39. The molecule has 0 spiro atoms. The number of nitrogens with one attached hydrogen (secondary N) is 3. The summed E-state index contributed by atoms with van der Waals surface area (Å²) in [6.07, 6.45) is 1.98. The summed E-state index contributed by atoms with van der Waals surface area (Å²) >= 11 is 0. The molecule has 2 heterocycles. The number of anilines is 2. The van der Waals surface area contributed by atoms with Gasteiger partial charge in [-0.1, -0.05) is 6.07 Å². The van der Waals surface area contributed by atoms with E-state index in [-0.39, 0.29) is 35.2 Å². The summed E-state index contributed by atoms with van der Waals surface area (Å²) in [5, 5.41) is 2.71. The summed E-state index contributed by atoms with van der Waals surface area (Å²) in [5.41, 5.74) is 1.18. The molecule has 172 valence electrons. The Kier molecular flexibility index (Phi) is 6.58. The van der Waals surface area contributed by atoms with Crippen LogP contribution < -0.4 is 20.5 Å². The lowest BCUT2D eigenvalue weighted by atomic mass is 10.1. The van der Waals surface area contributed by atoms with Crippen molar-refractivity contribution in [1.29, 1.82) is 0 Å². The van der Waals surface area contributed by atoms with Crippen LogP contribution in [0.1, 0.15) is 30.5 Å². The minimum atomic E-state index is -3.60. The molecule has 4 rings (SSSR count). The third kappa shape index (κ3) is 5.53. The quantitative estimate of drug-likeness (QED) is 0.532. The largest absolute Gasteiger partial charge is 0.378 e. The number of sulfonamides is 1. The number of amides is 1. The van der Waals surface area contributed by atoms with Crippen LogP contribution in [-0.4, -0.2) is 56.6 Å². The summed E-state index contributed by atoms with van der Waals surface area (Å²) < 4.78 is 32.7. The van der Waals surface area contributed by atoms with Crippen molar-refractivity contribution in [2.24, 2.45) is 0 Å². The Bertz CT molecular complexity index is 1150. The SMILES string of the molecule is Cc1nc(N2CCOCC2)[nH]c(=O)c1CCC(=O)Nc1cccc(S(=O)(=O)NC2CC2)c1. The van der Waals surface area contributed by atoms with Crippen molar-refractivity contribution in [1.82, 2.24) is 14.7 Å². The molecule has 1 aliphatic carbocycles. The van der Waals surface area contributed by atoms with E-state index in [0.29, 0.717) is 49.2 Å². The van der Waals surface area contributed by atoms with Crippen molar-refractivity contribution in [3.63, 3.8) is 0 Å². The van der Waals surface area contributed by atoms with Crippen LogP contribution in [0.4, 0.5) is 11.6 Å². The van der Waals surface area contributed by atoms with E-state index in [9.17, 15) is 18.0 Å². The minimum absolute atomic E-state index is 0.00261. The van der Waals surface area contributed by atoms with Gasteiger partial charge in [0.15, 0.2) is 0 Å². The molecule has 0 atom stereocenters. The zero-order valence-electron chi connectivity index (χ0n) is 17.9. The molecule has 2 fully saturated rings. The van der Waals surface area contributed by atoms with Gasteiger partial charge in [-0.05, 0) is 44.4 Å². The monoisotopic (exact) mass is 461 g/mol. The summed E-state index contributed by atoms with van der Waals surface area (Å²) in [6.45, 7) is 4.26. The van der Waals surface area contributed by atoms with Gasteiger partial charge in [-0.25, -0.2) is 18.1 Å². The Morgan fingerprint density at radius 3 is 2.72 bits per heavy atom. The number of ether oxygens (including phenoxy) is 1. The highest BCUT2D eigenvalue weighted by molar-refractivity contribution is 7.89. The Morgan fingerprint density at radius 1 is 1.28 bits per heavy atom.